The van der Waals surface area contributed by atoms with Gasteiger partial charge in [-0.3, -0.25) is 4.90 Å². The van der Waals surface area contributed by atoms with Gasteiger partial charge in [0.05, 0.1) is 37.4 Å². The minimum absolute atomic E-state index is 0.0198. The van der Waals surface area contributed by atoms with E-state index < -0.39 is 11.0 Å². The number of benzene rings is 3. The Morgan fingerprint density at radius 1 is 0.980 bits per heavy atom. The Morgan fingerprint density at radius 3 is 2.59 bits per heavy atom. The molecular formula is C43H54N2O6. The smallest absolute Gasteiger partial charge is 0.166 e. The normalized spacial score (nSPS) is 27.7. The largest absolute Gasteiger partial charge is 0.504 e. The third-order valence-corrected chi connectivity index (χ3v) is 12.3. The summed E-state index contributed by atoms with van der Waals surface area (Å²) in [7, 11) is 2.13. The first kappa shape index (κ1) is 34.7. The van der Waals surface area contributed by atoms with E-state index in [0.717, 1.165) is 69.1 Å². The van der Waals surface area contributed by atoms with Gasteiger partial charge in [0, 0.05) is 37.7 Å². The molecular weight excluding hydrogens is 640 g/mol. The van der Waals surface area contributed by atoms with Gasteiger partial charge in [0.25, 0.3) is 0 Å². The molecule has 2 unspecified atom stereocenters. The van der Waals surface area contributed by atoms with Gasteiger partial charge in [-0.15, -0.1) is 0 Å². The zero-order chi connectivity index (χ0) is 35.0. The molecule has 1 spiro atoms. The van der Waals surface area contributed by atoms with Crippen LogP contribution < -0.4 is 9.47 Å². The van der Waals surface area contributed by atoms with Crippen molar-refractivity contribution in [1.29, 1.82) is 0 Å². The van der Waals surface area contributed by atoms with E-state index in [1.165, 1.54) is 35.1 Å². The first-order valence-corrected chi connectivity index (χ1v) is 19.2. The third-order valence-electron chi connectivity index (χ3n) is 12.3. The van der Waals surface area contributed by atoms with Crippen LogP contribution in [-0.4, -0.2) is 97.4 Å². The van der Waals surface area contributed by atoms with Crippen molar-refractivity contribution in [3.63, 3.8) is 0 Å². The molecule has 5 aliphatic rings. The van der Waals surface area contributed by atoms with Crippen LogP contribution in [0.1, 0.15) is 66.9 Å². The lowest BCUT2D eigenvalue weighted by atomic mass is 9.48. The highest BCUT2D eigenvalue weighted by Gasteiger charge is 2.72. The summed E-state index contributed by atoms with van der Waals surface area (Å²) in [6.07, 6.45) is 8.50. The van der Waals surface area contributed by atoms with Gasteiger partial charge in [-0.25, -0.2) is 0 Å². The number of hydrogen-bond donors (Lipinski definition) is 2. The van der Waals surface area contributed by atoms with Crippen molar-refractivity contribution in [3.05, 3.63) is 101 Å². The number of phenolic OH excluding ortho intramolecular Hbond substituents is 1. The van der Waals surface area contributed by atoms with E-state index in [2.05, 4.69) is 72.3 Å². The van der Waals surface area contributed by atoms with Gasteiger partial charge >= 0.3 is 0 Å². The molecule has 3 aromatic carbocycles. The number of ether oxygens (including phenoxy) is 4. The van der Waals surface area contributed by atoms with E-state index in [0.29, 0.717) is 38.6 Å². The van der Waals surface area contributed by atoms with E-state index in [1.54, 1.807) is 6.07 Å². The Hall–Kier alpha value is -3.40. The lowest BCUT2D eigenvalue weighted by molar-refractivity contribution is -0.174. The number of nitrogens with zero attached hydrogens (tertiary/aromatic N) is 2. The van der Waals surface area contributed by atoms with Crippen LogP contribution in [0.5, 0.6) is 17.2 Å². The van der Waals surface area contributed by atoms with Crippen LogP contribution in [0.4, 0.5) is 0 Å². The molecule has 1 saturated heterocycles. The van der Waals surface area contributed by atoms with Crippen LogP contribution in [0.15, 0.2) is 78.4 Å². The van der Waals surface area contributed by atoms with Crippen molar-refractivity contribution >= 4 is 0 Å². The second-order valence-electron chi connectivity index (χ2n) is 15.6. The molecule has 8 heteroatoms. The highest BCUT2D eigenvalue weighted by molar-refractivity contribution is 5.64. The number of likely N-dealkylation sites (N-methyl/N-ethyl adjacent to an activating group) is 1. The Kier molecular flexibility index (Phi) is 9.89. The molecule has 5 atom stereocenters. The van der Waals surface area contributed by atoms with Crippen LogP contribution in [-0.2, 0) is 21.3 Å². The first-order chi connectivity index (χ1) is 24.9. The summed E-state index contributed by atoms with van der Waals surface area (Å²) in [5, 5.41) is 23.5. The number of piperidine rings is 1. The fourth-order valence-electron chi connectivity index (χ4n) is 9.43. The number of hydrogen-bond acceptors (Lipinski definition) is 8. The molecule has 2 bridgehead atoms. The predicted octanol–water partition coefficient (Wildman–Crippen LogP) is 6.37. The van der Waals surface area contributed by atoms with Gasteiger partial charge in [0.1, 0.15) is 18.0 Å². The van der Waals surface area contributed by atoms with Crippen LogP contribution in [0.25, 0.3) is 0 Å². The number of likely N-dealkylation sites (tertiary alicyclic amines) is 1. The van der Waals surface area contributed by atoms with Crippen LogP contribution in [0, 0.1) is 12.8 Å². The number of aromatic hydroxyl groups is 1. The predicted molar refractivity (Wildman–Crippen MR) is 198 cm³/mol. The summed E-state index contributed by atoms with van der Waals surface area (Å²) in [6.45, 7) is 8.00. The molecule has 272 valence electrons. The summed E-state index contributed by atoms with van der Waals surface area (Å²) in [5.74, 6) is 2.44. The maximum atomic E-state index is 12.6. The van der Waals surface area contributed by atoms with Gasteiger partial charge in [-0.1, -0.05) is 60.2 Å². The zero-order valence-corrected chi connectivity index (χ0v) is 30.3. The van der Waals surface area contributed by atoms with E-state index in [9.17, 15) is 10.2 Å². The number of phenols is 1. The Bertz CT molecular complexity index is 1690. The molecule has 3 aromatic rings. The minimum atomic E-state index is -0.868. The summed E-state index contributed by atoms with van der Waals surface area (Å²) < 4.78 is 25.1. The van der Waals surface area contributed by atoms with Crippen molar-refractivity contribution in [2.24, 2.45) is 5.92 Å². The van der Waals surface area contributed by atoms with Crippen LogP contribution >= 0.6 is 0 Å². The molecule has 0 aromatic heterocycles. The van der Waals surface area contributed by atoms with E-state index in [1.807, 2.05) is 18.2 Å². The molecule has 0 radical (unpaired) electrons. The van der Waals surface area contributed by atoms with Gasteiger partial charge in [0.2, 0.25) is 0 Å². The average Bonchev–Trinajstić information content (AvgIpc) is 3.88. The molecule has 3 fully saturated rings. The maximum Gasteiger partial charge on any atom is 0.166 e. The molecule has 51 heavy (non-hydrogen) atoms. The van der Waals surface area contributed by atoms with Crippen LogP contribution in [0.2, 0.25) is 0 Å². The molecule has 2 heterocycles. The van der Waals surface area contributed by atoms with Gasteiger partial charge in [-0.2, -0.15) is 0 Å². The fraction of sp³-hybridized carbons (Fsp3) is 0.535. The molecule has 8 nitrogen and oxygen atoms in total. The summed E-state index contributed by atoms with van der Waals surface area (Å²) in [6, 6.07) is 22.6. The van der Waals surface area contributed by atoms with Gasteiger partial charge in [-0.05, 0) is 99.9 Å². The topological polar surface area (TPSA) is 83.9 Å². The minimum Gasteiger partial charge on any atom is -0.504 e. The summed E-state index contributed by atoms with van der Waals surface area (Å²) in [4.78, 5) is 4.87. The lowest BCUT2D eigenvalue weighted by Crippen LogP contribution is -2.75. The third kappa shape index (κ3) is 6.70. The molecule has 0 amide bonds. The van der Waals surface area contributed by atoms with Crippen molar-refractivity contribution in [2.75, 3.05) is 59.7 Å². The molecule has 2 aliphatic heterocycles. The second-order valence-corrected chi connectivity index (χ2v) is 15.6. The number of aryl methyl sites for hydroxylation is 1. The van der Waals surface area contributed by atoms with Gasteiger partial charge in [0.15, 0.2) is 11.5 Å². The van der Waals surface area contributed by atoms with E-state index >= 15 is 0 Å². The SMILES string of the molecule is Cc1ccc(OC(CCN(C)CCOCCOC/C=C2/CC[C@@]3(O)[C@H]4Cc5ccc(O)c6c5[C@@]3(CCN4CC3CC3)C2O6)c2ccccc2)cc1. The molecule has 2 saturated carbocycles. The van der Waals surface area contributed by atoms with Crippen molar-refractivity contribution in [1.82, 2.24) is 9.80 Å². The monoisotopic (exact) mass is 694 g/mol. The van der Waals surface area contributed by atoms with Crippen molar-refractivity contribution in [3.8, 4) is 17.2 Å². The number of aliphatic hydroxyl groups is 1. The fourth-order valence-corrected chi connectivity index (χ4v) is 9.43. The first-order valence-electron chi connectivity index (χ1n) is 19.2. The molecule has 3 aliphatic carbocycles. The zero-order valence-electron chi connectivity index (χ0n) is 30.3. The number of rotatable bonds is 16. The Labute approximate surface area is 303 Å². The molecule has 2 N–H and O–H groups in total. The quantitative estimate of drug-likeness (QED) is 0.132. The Balaban J connectivity index is 0.810. The highest BCUT2D eigenvalue weighted by atomic mass is 16.5. The summed E-state index contributed by atoms with van der Waals surface area (Å²) in [5.41, 5.74) is 4.49. The van der Waals surface area contributed by atoms with E-state index in [4.69, 9.17) is 18.9 Å². The molecule has 8 rings (SSSR count). The Morgan fingerprint density at radius 2 is 1.78 bits per heavy atom. The van der Waals surface area contributed by atoms with E-state index in [-0.39, 0.29) is 24.0 Å². The van der Waals surface area contributed by atoms with Gasteiger partial charge < -0.3 is 34.1 Å². The van der Waals surface area contributed by atoms with Crippen molar-refractivity contribution in [2.45, 2.75) is 81.1 Å². The average molecular weight is 695 g/mol. The lowest BCUT2D eigenvalue weighted by Gasteiger charge is -2.63. The second kappa shape index (κ2) is 14.6. The van der Waals surface area contributed by atoms with Crippen LogP contribution in [0.3, 0.4) is 0 Å². The maximum absolute atomic E-state index is 12.6. The standard InChI is InChI=1S/C43H54N2O6/c1-30-8-13-35(14-9-30)50-37(32-6-4-3-5-7-32)17-21-44(2)23-25-49-27-26-48-24-18-33-16-19-43(47)38-28-34-12-15-36(46)40-39(34)42(43,41(33)51-40)20-22-45(38)29-31-10-11-31/h3-9,12-15,18,31,37-38,41,46-47H,10-11,16-17,19-29H2,1-2H3/b33-18-/t37?,38-,41?,42+,43-/m1/s1. The summed E-state index contributed by atoms with van der Waals surface area (Å²) >= 11 is 0. The van der Waals surface area contributed by atoms with Crippen molar-refractivity contribution < 1.29 is 29.2 Å². The highest BCUT2D eigenvalue weighted by Crippen LogP contribution is 2.66.